The Morgan fingerprint density at radius 2 is 1.95 bits per heavy atom. The maximum Gasteiger partial charge on any atom is 0.257 e. The molecule has 1 saturated heterocycles. The molecule has 0 unspecified atom stereocenters. The molecule has 1 fully saturated rings. The lowest BCUT2D eigenvalue weighted by atomic mass is 10.1. The van der Waals surface area contributed by atoms with E-state index in [1.54, 1.807) is 12.1 Å². The van der Waals surface area contributed by atoms with Crippen LogP contribution in [0.3, 0.4) is 0 Å². The van der Waals surface area contributed by atoms with E-state index >= 15 is 0 Å². The summed E-state index contributed by atoms with van der Waals surface area (Å²) in [5.74, 6) is 0.0228. The van der Waals surface area contributed by atoms with Gasteiger partial charge in [-0.15, -0.1) is 0 Å². The normalized spacial score (nSPS) is 16.6. The molecule has 1 heterocycles. The SMILES string of the molecule is CCCN1CCN(C(=O)c2ccc(C)cc2O)CC1. The molecule has 0 atom stereocenters. The number of carbonyl (C=O) groups excluding carboxylic acids is 1. The van der Waals surface area contributed by atoms with Crippen molar-refractivity contribution >= 4 is 5.91 Å². The molecule has 1 aliphatic heterocycles. The number of hydrogen-bond acceptors (Lipinski definition) is 3. The first-order valence-corrected chi connectivity index (χ1v) is 6.93. The third kappa shape index (κ3) is 3.26. The van der Waals surface area contributed by atoms with Crippen LogP contribution in [0.2, 0.25) is 0 Å². The zero-order valence-corrected chi connectivity index (χ0v) is 11.7. The van der Waals surface area contributed by atoms with Gasteiger partial charge in [0.05, 0.1) is 5.56 Å². The first-order chi connectivity index (χ1) is 9.11. The van der Waals surface area contributed by atoms with Crippen LogP contribution in [0.15, 0.2) is 18.2 Å². The standard InChI is InChI=1S/C15H22N2O2/c1-3-6-16-7-9-17(10-8-16)15(19)13-5-4-12(2)11-14(13)18/h4-5,11,18H,3,6-10H2,1-2H3. The maximum absolute atomic E-state index is 12.3. The van der Waals surface area contributed by atoms with Gasteiger partial charge < -0.3 is 10.0 Å². The Balaban J connectivity index is 2.01. The molecule has 2 rings (SSSR count). The predicted molar refractivity (Wildman–Crippen MR) is 75.5 cm³/mol. The number of carbonyl (C=O) groups is 1. The molecule has 0 aromatic heterocycles. The molecule has 0 spiro atoms. The number of amides is 1. The van der Waals surface area contributed by atoms with E-state index in [9.17, 15) is 9.90 Å². The molecule has 1 N–H and O–H groups in total. The van der Waals surface area contributed by atoms with E-state index in [0.29, 0.717) is 5.56 Å². The van der Waals surface area contributed by atoms with Crippen molar-refractivity contribution in [1.29, 1.82) is 0 Å². The number of nitrogens with zero attached hydrogens (tertiary/aromatic N) is 2. The minimum Gasteiger partial charge on any atom is -0.507 e. The van der Waals surface area contributed by atoms with Crippen molar-refractivity contribution in [2.45, 2.75) is 20.3 Å². The molecule has 1 aromatic carbocycles. The van der Waals surface area contributed by atoms with Crippen molar-refractivity contribution < 1.29 is 9.90 Å². The summed E-state index contributed by atoms with van der Waals surface area (Å²) in [6.45, 7) is 8.49. The second-order valence-corrected chi connectivity index (χ2v) is 5.15. The van der Waals surface area contributed by atoms with E-state index in [2.05, 4.69) is 11.8 Å². The summed E-state index contributed by atoms with van der Waals surface area (Å²) in [5, 5.41) is 9.87. The fourth-order valence-corrected chi connectivity index (χ4v) is 2.48. The highest BCUT2D eigenvalue weighted by Gasteiger charge is 2.23. The molecule has 0 saturated carbocycles. The average Bonchev–Trinajstić information content (AvgIpc) is 2.39. The third-order valence-electron chi connectivity index (χ3n) is 3.58. The largest absolute Gasteiger partial charge is 0.507 e. The van der Waals surface area contributed by atoms with Gasteiger partial charge in [0.25, 0.3) is 5.91 Å². The number of phenolic OH excluding ortho intramolecular Hbond substituents is 1. The molecule has 0 bridgehead atoms. The van der Waals surface area contributed by atoms with Crippen LogP contribution in [-0.4, -0.2) is 53.5 Å². The van der Waals surface area contributed by atoms with Gasteiger partial charge in [-0.05, 0) is 37.6 Å². The number of rotatable bonds is 3. The monoisotopic (exact) mass is 262 g/mol. The van der Waals surface area contributed by atoms with Gasteiger partial charge in [0.15, 0.2) is 0 Å². The highest BCUT2D eigenvalue weighted by molar-refractivity contribution is 5.97. The fraction of sp³-hybridized carbons (Fsp3) is 0.533. The summed E-state index contributed by atoms with van der Waals surface area (Å²) >= 11 is 0. The minimum atomic E-state index is -0.0614. The molecular weight excluding hydrogens is 240 g/mol. The van der Waals surface area contributed by atoms with Crippen molar-refractivity contribution in [2.24, 2.45) is 0 Å². The van der Waals surface area contributed by atoms with E-state index in [1.165, 1.54) is 0 Å². The van der Waals surface area contributed by atoms with Gasteiger partial charge in [-0.1, -0.05) is 13.0 Å². The van der Waals surface area contributed by atoms with Gasteiger partial charge in [-0.2, -0.15) is 0 Å². The van der Waals surface area contributed by atoms with Gasteiger partial charge in [0.1, 0.15) is 5.75 Å². The Hall–Kier alpha value is -1.55. The molecule has 104 valence electrons. The molecule has 0 aliphatic carbocycles. The van der Waals surface area contributed by atoms with Crippen LogP contribution < -0.4 is 0 Å². The van der Waals surface area contributed by atoms with E-state index < -0.39 is 0 Å². The molecular formula is C15H22N2O2. The van der Waals surface area contributed by atoms with E-state index in [4.69, 9.17) is 0 Å². The van der Waals surface area contributed by atoms with Crippen LogP contribution in [-0.2, 0) is 0 Å². The Kier molecular flexibility index (Phi) is 4.43. The second-order valence-electron chi connectivity index (χ2n) is 5.15. The third-order valence-corrected chi connectivity index (χ3v) is 3.58. The maximum atomic E-state index is 12.3. The smallest absolute Gasteiger partial charge is 0.257 e. The summed E-state index contributed by atoms with van der Waals surface area (Å²) in [5.41, 5.74) is 1.37. The van der Waals surface area contributed by atoms with Gasteiger partial charge >= 0.3 is 0 Å². The molecule has 1 amide bonds. The number of phenols is 1. The van der Waals surface area contributed by atoms with Gasteiger partial charge in [-0.3, -0.25) is 9.69 Å². The van der Waals surface area contributed by atoms with Crippen LogP contribution in [0, 0.1) is 6.92 Å². The summed E-state index contributed by atoms with van der Waals surface area (Å²) in [6, 6.07) is 5.21. The highest BCUT2D eigenvalue weighted by atomic mass is 16.3. The second kappa shape index (κ2) is 6.06. The van der Waals surface area contributed by atoms with Crippen LogP contribution in [0.4, 0.5) is 0 Å². The van der Waals surface area contributed by atoms with Crippen LogP contribution in [0.1, 0.15) is 29.3 Å². The van der Waals surface area contributed by atoms with Crippen LogP contribution in [0.25, 0.3) is 0 Å². The zero-order chi connectivity index (χ0) is 13.8. The highest BCUT2D eigenvalue weighted by Crippen LogP contribution is 2.20. The molecule has 4 heteroatoms. The van der Waals surface area contributed by atoms with Gasteiger partial charge in [0, 0.05) is 26.2 Å². The summed E-state index contributed by atoms with van der Waals surface area (Å²) in [4.78, 5) is 16.5. The van der Waals surface area contributed by atoms with Crippen molar-refractivity contribution in [2.75, 3.05) is 32.7 Å². The lowest BCUT2D eigenvalue weighted by molar-refractivity contribution is 0.0634. The van der Waals surface area contributed by atoms with E-state index in [-0.39, 0.29) is 11.7 Å². The first-order valence-electron chi connectivity index (χ1n) is 6.93. The lowest BCUT2D eigenvalue weighted by Crippen LogP contribution is -2.48. The Bertz CT molecular complexity index is 451. The number of hydrogen-bond donors (Lipinski definition) is 1. The number of aromatic hydroxyl groups is 1. The Morgan fingerprint density at radius 3 is 2.53 bits per heavy atom. The molecule has 19 heavy (non-hydrogen) atoms. The zero-order valence-electron chi connectivity index (χ0n) is 11.7. The lowest BCUT2D eigenvalue weighted by Gasteiger charge is -2.34. The van der Waals surface area contributed by atoms with E-state index in [1.807, 2.05) is 17.9 Å². The molecule has 1 aliphatic rings. The van der Waals surface area contributed by atoms with Crippen molar-refractivity contribution in [3.05, 3.63) is 29.3 Å². The fourth-order valence-electron chi connectivity index (χ4n) is 2.48. The van der Waals surface area contributed by atoms with E-state index in [0.717, 1.165) is 44.7 Å². The minimum absolute atomic E-state index is 0.0614. The molecule has 1 aromatic rings. The Morgan fingerprint density at radius 1 is 1.26 bits per heavy atom. The molecule has 0 radical (unpaired) electrons. The van der Waals surface area contributed by atoms with Gasteiger partial charge in [0.2, 0.25) is 0 Å². The number of aryl methyl sites for hydroxylation is 1. The Labute approximate surface area is 114 Å². The summed E-state index contributed by atoms with van der Waals surface area (Å²) < 4.78 is 0. The van der Waals surface area contributed by atoms with Crippen LogP contribution in [0.5, 0.6) is 5.75 Å². The van der Waals surface area contributed by atoms with Crippen LogP contribution >= 0.6 is 0 Å². The summed E-state index contributed by atoms with van der Waals surface area (Å²) in [6.07, 6.45) is 1.15. The first kappa shape index (κ1) is 13.9. The summed E-state index contributed by atoms with van der Waals surface area (Å²) in [7, 11) is 0. The van der Waals surface area contributed by atoms with Crippen molar-refractivity contribution in [1.82, 2.24) is 9.80 Å². The number of benzene rings is 1. The topological polar surface area (TPSA) is 43.8 Å². The average molecular weight is 262 g/mol. The van der Waals surface area contributed by atoms with Gasteiger partial charge in [-0.25, -0.2) is 0 Å². The van der Waals surface area contributed by atoms with Crippen molar-refractivity contribution in [3.8, 4) is 5.75 Å². The molecule has 4 nitrogen and oxygen atoms in total. The number of piperazine rings is 1. The quantitative estimate of drug-likeness (QED) is 0.904. The van der Waals surface area contributed by atoms with Crippen molar-refractivity contribution in [3.63, 3.8) is 0 Å². The predicted octanol–water partition coefficient (Wildman–Crippen LogP) is 1.87.